The zero-order valence-electron chi connectivity index (χ0n) is 12.1. The van der Waals surface area contributed by atoms with Gasteiger partial charge in [-0.25, -0.2) is 0 Å². The standard InChI is InChI=1S/C16H23N3O/c1-2-9-19(16(20)12-5-7-17-8-6-12)15-10-13-3-4-14(11-15)18-13/h5-8,13-15,18H,2-4,9-11H2,1H3. The molecule has 4 nitrogen and oxygen atoms in total. The Morgan fingerprint density at radius 1 is 1.30 bits per heavy atom. The molecule has 3 rings (SSSR count). The fourth-order valence-corrected chi connectivity index (χ4v) is 3.63. The van der Waals surface area contributed by atoms with E-state index >= 15 is 0 Å². The van der Waals surface area contributed by atoms with Gasteiger partial charge in [0.1, 0.15) is 0 Å². The summed E-state index contributed by atoms with van der Waals surface area (Å²) in [5.41, 5.74) is 0.763. The zero-order valence-corrected chi connectivity index (χ0v) is 12.1. The minimum absolute atomic E-state index is 0.167. The quantitative estimate of drug-likeness (QED) is 0.915. The number of aromatic nitrogens is 1. The molecule has 1 aromatic heterocycles. The fraction of sp³-hybridized carbons (Fsp3) is 0.625. The van der Waals surface area contributed by atoms with Gasteiger partial charge in [-0.3, -0.25) is 9.78 Å². The van der Waals surface area contributed by atoms with Crippen molar-refractivity contribution in [2.45, 2.75) is 57.2 Å². The molecule has 4 heteroatoms. The Morgan fingerprint density at radius 2 is 1.95 bits per heavy atom. The van der Waals surface area contributed by atoms with E-state index in [0.29, 0.717) is 18.1 Å². The van der Waals surface area contributed by atoms with E-state index in [4.69, 9.17) is 0 Å². The lowest BCUT2D eigenvalue weighted by Crippen LogP contribution is -2.50. The van der Waals surface area contributed by atoms with Crippen molar-refractivity contribution in [2.24, 2.45) is 0 Å². The summed E-state index contributed by atoms with van der Waals surface area (Å²) in [5.74, 6) is 0.167. The molecule has 2 unspecified atom stereocenters. The van der Waals surface area contributed by atoms with Crippen LogP contribution >= 0.6 is 0 Å². The summed E-state index contributed by atoms with van der Waals surface area (Å²) in [5, 5.41) is 3.65. The van der Waals surface area contributed by atoms with Crippen molar-refractivity contribution in [1.29, 1.82) is 0 Å². The first-order valence-electron chi connectivity index (χ1n) is 7.75. The maximum absolute atomic E-state index is 12.7. The van der Waals surface area contributed by atoms with Crippen LogP contribution in [0.1, 0.15) is 49.4 Å². The van der Waals surface area contributed by atoms with Crippen molar-refractivity contribution < 1.29 is 4.79 Å². The molecular weight excluding hydrogens is 250 g/mol. The topological polar surface area (TPSA) is 45.2 Å². The molecule has 2 bridgehead atoms. The summed E-state index contributed by atoms with van der Waals surface area (Å²) < 4.78 is 0. The Bertz CT molecular complexity index is 450. The molecule has 1 amide bonds. The minimum Gasteiger partial charge on any atom is -0.336 e. The molecule has 20 heavy (non-hydrogen) atoms. The van der Waals surface area contributed by atoms with Gasteiger partial charge in [-0.1, -0.05) is 6.92 Å². The lowest BCUT2D eigenvalue weighted by Gasteiger charge is -2.37. The molecule has 1 aromatic rings. The number of hydrogen-bond donors (Lipinski definition) is 1. The van der Waals surface area contributed by atoms with Crippen LogP contribution in [0.15, 0.2) is 24.5 Å². The minimum atomic E-state index is 0.167. The molecule has 108 valence electrons. The maximum atomic E-state index is 12.7. The van der Waals surface area contributed by atoms with Crippen LogP contribution in [0, 0.1) is 0 Å². The largest absolute Gasteiger partial charge is 0.336 e. The number of hydrogen-bond acceptors (Lipinski definition) is 3. The second kappa shape index (κ2) is 5.92. The van der Waals surface area contributed by atoms with Crippen LogP contribution < -0.4 is 5.32 Å². The van der Waals surface area contributed by atoms with Gasteiger partial charge in [0.15, 0.2) is 0 Å². The van der Waals surface area contributed by atoms with E-state index in [0.717, 1.165) is 31.4 Å². The number of rotatable bonds is 4. The third-order valence-electron chi connectivity index (χ3n) is 4.54. The molecule has 0 spiro atoms. The first kappa shape index (κ1) is 13.6. The van der Waals surface area contributed by atoms with E-state index in [1.165, 1.54) is 12.8 Å². The van der Waals surface area contributed by atoms with Gasteiger partial charge >= 0.3 is 0 Å². The Morgan fingerprint density at radius 3 is 2.55 bits per heavy atom. The molecule has 2 atom stereocenters. The van der Waals surface area contributed by atoms with Gasteiger partial charge in [-0.15, -0.1) is 0 Å². The molecule has 0 aromatic carbocycles. The van der Waals surface area contributed by atoms with Crippen molar-refractivity contribution in [2.75, 3.05) is 6.54 Å². The van der Waals surface area contributed by atoms with E-state index in [9.17, 15) is 4.79 Å². The first-order valence-corrected chi connectivity index (χ1v) is 7.75. The van der Waals surface area contributed by atoms with E-state index in [1.807, 2.05) is 12.1 Å². The second-order valence-corrected chi connectivity index (χ2v) is 6.00. The Balaban J connectivity index is 1.77. The summed E-state index contributed by atoms with van der Waals surface area (Å²) >= 11 is 0. The van der Waals surface area contributed by atoms with E-state index < -0.39 is 0 Å². The van der Waals surface area contributed by atoms with Crippen molar-refractivity contribution in [1.82, 2.24) is 15.2 Å². The molecule has 2 saturated heterocycles. The van der Waals surface area contributed by atoms with Gasteiger partial charge < -0.3 is 10.2 Å². The predicted molar refractivity (Wildman–Crippen MR) is 78.5 cm³/mol. The highest BCUT2D eigenvalue weighted by molar-refractivity contribution is 5.94. The number of pyridine rings is 1. The highest BCUT2D eigenvalue weighted by Gasteiger charge is 2.37. The van der Waals surface area contributed by atoms with Crippen LogP contribution in [0.4, 0.5) is 0 Å². The Hall–Kier alpha value is -1.42. The SMILES string of the molecule is CCCN(C(=O)c1ccncc1)C1CC2CCC(C1)N2. The molecular formula is C16H23N3O. The third-order valence-corrected chi connectivity index (χ3v) is 4.54. The van der Waals surface area contributed by atoms with Gasteiger partial charge in [0.2, 0.25) is 0 Å². The van der Waals surface area contributed by atoms with Crippen LogP contribution in [0.5, 0.6) is 0 Å². The zero-order chi connectivity index (χ0) is 13.9. The second-order valence-electron chi connectivity index (χ2n) is 6.00. The normalized spacial score (nSPS) is 28.4. The maximum Gasteiger partial charge on any atom is 0.254 e. The molecule has 0 aliphatic carbocycles. The summed E-state index contributed by atoms with van der Waals surface area (Å²) in [6.45, 7) is 2.99. The summed E-state index contributed by atoms with van der Waals surface area (Å²) in [6.07, 6.45) is 9.15. The van der Waals surface area contributed by atoms with E-state index in [-0.39, 0.29) is 5.91 Å². The first-order chi connectivity index (χ1) is 9.78. The fourth-order valence-electron chi connectivity index (χ4n) is 3.63. The van der Waals surface area contributed by atoms with Gasteiger partial charge in [0, 0.05) is 42.6 Å². The van der Waals surface area contributed by atoms with Gasteiger partial charge in [0.05, 0.1) is 0 Å². The predicted octanol–water partition coefficient (Wildman–Crippen LogP) is 2.22. The average Bonchev–Trinajstić information content (AvgIpc) is 2.83. The molecule has 0 saturated carbocycles. The van der Waals surface area contributed by atoms with E-state index in [1.54, 1.807) is 12.4 Å². The van der Waals surface area contributed by atoms with Crippen molar-refractivity contribution in [3.63, 3.8) is 0 Å². The Labute approximate surface area is 120 Å². The van der Waals surface area contributed by atoms with Crippen LogP contribution in [-0.2, 0) is 0 Å². The van der Waals surface area contributed by atoms with Gasteiger partial charge in [-0.2, -0.15) is 0 Å². The lowest BCUT2D eigenvalue weighted by atomic mass is 9.97. The average molecular weight is 273 g/mol. The van der Waals surface area contributed by atoms with Gasteiger partial charge in [0.25, 0.3) is 5.91 Å². The highest BCUT2D eigenvalue weighted by atomic mass is 16.2. The molecule has 2 fully saturated rings. The third kappa shape index (κ3) is 2.70. The van der Waals surface area contributed by atoms with Crippen molar-refractivity contribution in [3.05, 3.63) is 30.1 Å². The molecule has 1 N–H and O–H groups in total. The van der Waals surface area contributed by atoms with Crippen LogP contribution in [-0.4, -0.2) is 40.5 Å². The number of piperidine rings is 1. The summed E-state index contributed by atoms with van der Waals surface area (Å²) in [7, 11) is 0. The number of amides is 1. The molecule has 2 aliphatic rings. The summed E-state index contributed by atoms with van der Waals surface area (Å²) in [6, 6.07) is 5.27. The van der Waals surface area contributed by atoms with Crippen molar-refractivity contribution >= 4 is 5.91 Å². The number of carbonyl (C=O) groups excluding carboxylic acids is 1. The molecule has 3 heterocycles. The van der Waals surface area contributed by atoms with Crippen LogP contribution in [0.25, 0.3) is 0 Å². The highest BCUT2D eigenvalue weighted by Crippen LogP contribution is 2.30. The number of nitrogens with one attached hydrogen (secondary N) is 1. The van der Waals surface area contributed by atoms with Gasteiger partial charge in [-0.05, 0) is 44.2 Å². The van der Waals surface area contributed by atoms with Crippen LogP contribution in [0.3, 0.4) is 0 Å². The summed E-state index contributed by atoms with van der Waals surface area (Å²) in [4.78, 5) is 18.8. The van der Waals surface area contributed by atoms with Crippen molar-refractivity contribution in [3.8, 4) is 0 Å². The number of carbonyl (C=O) groups is 1. The van der Waals surface area contributed by atoms with Crippen LogP contribution in [0.2, 0.25) is 0 Å². The number of nitrogens with zero attached hydrogens (tertiary/aromatic N) is 2. The van der Waals surface area contributed by atoms with E-state index in [2.05, 4.69) is 22.1 Å². The Kier molecular flexibility index (Phi) is 4.01. The lowest BCUT2D eigenvalue weighted by molar-refractivity contribution is 0.0616. The monoisotopic (exact) mass is 273 g/mol. The smallest absolute Gasteiger partial charge is 0.254 e. The molecule has 0 radical (unpaired) electrons. The molecule has 2 aliphatic heterocycles. The number of fused-ring (bicyclic) bond motifs is 2.